The molecule has 2 aromatic rings. The maximum atomic E-state index is 12.4. The zero-order valence-corrected chi connectivity index (χ0v) is 14.8. The Morgan fingerprint density at radius 2 is 1.88 bits per heavy atom. The third kappa shape index (κ3) is 4.75. The molecule has 1 aromatic carbocycles. The van der Waals surface area contributed by atoms with E-state index >= 15 is 0 Å². The van der Waals surface area contributed by atoms with Crippen molar-refractivity contribution in [3.8, 4) is 11.5 Å². The molecule has 6 heteroatoms. The first kappa shape index (κ1) is 17.8. The minimum absolute atomic E-state index is 0.0345. The van der Waals surface area contributed by atoms with Gasteiger partial charge in [0, 0.05) is 20.3 Å². The molecule has 1 aromatic heterocycles. The Hall–Kier alpha value is -2.50. The lowest BCUT2D eigenvalue weighted by Crippen LogP contribution is -2.28. The highest BCUT2D eigenvalue weighted by atomic mass is 16.5. The lowest BCUT2D eigenvalue weighted by Gasteiger charge is -2.17. The van der Waals surface area contributed by atoms with E-state index in [1.165, 1.54) is 0 Å². The molecule has 130 valence electrons. The molecule has 2 rings (SSSR count). The fraction of sp³-hybridized carbons (Fsp3) is 0.444. The molecule has 6 nitrogen and oxygen atoms in total. The molecule has 1 heterocycles. The van der Waals surface area contributed by atoms with E-state index in [1.807, 2.05) is 51.4 Å². The van der Waals surface area contributed by atoms with Gasteiger partial charge in [-0.2, -0.15) is 5.10 Å². The predicted octanol–water partition coefficient (Wildman–Crippen LogP) is 2.42. The van der Waals surface area contributed by atoms with E-state index in [1.54, 1.807) is 16.6 Å². The lowest BCUT2D eigenvalue weighted by molar-refractivity contribution is -0.129. The van der Waals surface area contributed by atoms with Crippen LogP contribution in [-0.2, 0) is 24.8 Å². The van der Waals surface area contributed by atoms with Gasteiger partial charge in [-0.05, 0) is 37.6 Å². The Balaban J connectivity index is 2.03. The van der Waals surface area contributed by atoms with E-state index in [0.717, 1.165) is 11.3 Å². The molecular weight excluding hydrogens is 306 g/mol. The molecule has 0 N–H and O–H groups in total. The SMILES string of the molecule is CCOc1ccc(CC(=O)N(C)Cc2ccn(C)n2)cc1OCC. The second kappa shape index (κ2) is 8.38. The molecule has 0 spiro atoms. The van der Waals surface area contributed by atoms with E-state index in [0.29, 0.717) is 37.7 Å². The molecule has 0 aliphatic rings. The van der Waals surface area contributed by atoms with Crippen molar-refractivity contribution in [1.29, 1.82) is 0 Å². The van der Waals surface area contributed by atoms with E-state index in [-0.39, 0.29) is 5.91 Å². The summed E-state index contributed by atoms with van der Waals surface area (Å²) in [6, 6.07) is 7.55. The number of ether oxygens (including phenoxy) is 2. The average molecular weight is 331 g/mol. The Kier molecular flexibility index (Phi) is 6.23. The van der Waals surface area contributed by atoms with Crippen LogP contribution >= 0.6 is 0 Å². The van der Waals surface area contributed by atoms with Crippen molar-refractivity contribution in [2.24, 2.45) is 7.05 Å². The minimum Gasteiger partial charge on any atom is -0.490 e. The lowest BCUT2D eigenvalue weighted by atomic mass is 10.1. The Morgan fingerprint density at radius 3 is 2.50 bits per heavy atom. The van der Waals surface area contributed by atoms with Crippen molar-refractivity contribution in [3.05, 3.63) is 41.7 Å². The summed E-state index contributed by atoms with van der Waals surface area (Å²) in [5.74, 6) is 1.42. The second-order valence-corrected chi connectivity index (χ2v) is 5.55. The molecule has 0 radical (unpaired) electrons. The van der Waals surface area contributed by atoms with Crippen LogP contribution in [0.3, 0.4) is 0 Å². The standard InChI is InChI=1S/C18H25N3O3/c1-5-23-16-8-7-14(11-17(16)24-6-2)12-18(22)20(3)13-15-9-10-21(4)19-15/h7-11H,5-6,12-13H2,1-4H3. The average Bonchev–Trinajstić information content (AvgIpc) is 2.95. The maximum Gasteiger partial charge on any atom is 0.227 e. The Morgan fingerprint density at radius 1 is 1.17 bits per heavy atom. The van der Waals surface area contributed by atoms with Crippen LogP contribution in [0.15, 0.2) is 30.5 Å². The molecule has 0 atom stereocenters. The molecule has 0 aliphatic heterocycles. The first-order valence-corrected chi connectivity index (χ1v) is 8.14. The zero-order chi connectivity index (χ0) is 17.5. The molecule has 1 amide bonds. The summed E-state index contributed by atoms with van der Waals surface area (Å²) in [7, 11) is 3.65. The van der Waals surface area contributed by atoms with E-state index < -0.39 is 0 Å². The summed E-state index contributed by atoms with van der Waals surface area (Å²) >= 11 is 0. The zero-order valence-electron chi connectivity index (χ0n) is 14.8. The van der Waals surface area contributed by atoms with Gasteiger partial charge in [-0.3, -0.25) is 9.48 Å². The molecule has 0 bridgehead atoms. The van der Waals surface area contributed by atoms with Crippen LogP contribution in [0.5, 0.6) is 11.5 Å². The van der Waals surface area contributed by atoms with Gasteiger partial charge >= 0.3 is 0 Å². The van der Waals surface area contributed by atoms with Crippen LogP contribution in [0.1, 0.15) is 25.1 Å². The van der Waals surface area contributed by atoms with Crippen molar-refractivity contribution in [2.75, 3.05) is 20.3 Å². The number of aryl methyl sites for hydroxylation is 1. The predicted molar refractivity (Wildman–Crippen MR) is 92.2 cm³/mol. The number of aromatic nitrogens is 2. The van der Waals surface area contributed by atoms with Crippen molar-refractivity contribution in [3.63, 3.8) is 0 Å². The van der Waals surface area contributed by atoms with Gasteiger partial charge in [0.2, 0.25) is 5.91 Å². The van der Waals surface area contributed by atoms with Gasteiger partial charge in [-0.25, -0.2) is 0 Å². The number of hydrogen-bond acceptors (Lipinski definition) is 4. The number of rotatable bonds is 8. The third-order valence-electron chi connectivity index (χ3n) is 3.56. The van der Waals surface area contributed by atoms with Crippen LogP contribution in [0.4, 0.5) is 0 Å². The summed E-state index contributed by atoms with van der Waals surface area (Å²) in [6.45, 7) is 5.48. The highest BCUT2D eigenvalue weighted by Crippen LogP contribution is 2.28. The van der Waals surface area contributed by atoms with Gasteiger partial charge in [0.15, 0.2) is 11.5 Å². The van der Waals surface area contributed by atoms with Gasteiger partial charge in [-0.1, -0.05) is 6.07 Å². The summed E-state index contributed by atoms with van der Waals surface area (Å²) < 4.78 is 12.9. The molecule has 24 heavy (non-hydrogen) atoms. The van der Waals surface area contributed by atoms with Crippen molar-refractivity contribution >= 4 is 5.91 Å². The maximum absolute atomic E-state index is 12.4. The number of carbonyl (C=O) groups is 1. The summed E-state index contributed by atoms with van der Waals surface area (Å²) in [5.41, 5.74) is 1.77. The third-order valence-corrected chi connectivity index (χ3v) is 3.56. The fourth-order valence-electron chi connectivity index (χ4n) is 2.39. The van der Waals surface area contributed by atoms with Gasteiger partial charge < -0.3 is 14.4 Å². The van der Waals surface area contributed by atoms with Gasteiger partial charge in [-0.15, -0.1) is 0 Å². The Labute approximate surface area is 143 Å². The highest BCUT2D eigenvalue weighted by molar-refractivity contribution is 5.78. The highest BCUT2D eigenvalue weighted by Gasteiger charge is 2.13. The first-order valence-electron chi connectivity index (χ1n) is 8.14. The first-order chi connectivity index (χ1) is 11.5. The number of amides is 1. The summed E-state index contributed by atoms with van der Waals surface area (Å²) in [5, 5.41) is 4.30. The molecular formula is C18H25N3O3. The van der Waals surface area contributed by atoms with Crippen LogP contribution in [-0.4, -0.2) is 40.8 Å². The topological polar surface area (TPSA) is 56.6 Å². The monoisotopic (exact) mass is 331 g/mol. The van der Waals surface area contributed by atoms with Gasteiger partial charge in [0.1, 0.15) is 0 Å². The van der Waals surface area contributed by atoms with Crippen LogP contribution in [0.25, 0.3) is 0 Å². The summed E-state index contributed by atoms with van der Waals surface area (Å²) in [6.07, 6.45) is 2.18. The van der Waals surface area contributed by atoms with Gasteiger partial charge in [0.05, 0.1) is 31.9 Å². The number of benzene rings is 1. The molecule has 0 fully saturated rings. The molecule has 0 unspecified atom stereocenters. The number of nitrogens with zero attached hydrogens (tertiary/aromatic N) is 3. The van der Waals surface area contributed by atoms with Crippen molar-refractivity contribution in [1.82, 2.24) is 14.7 Å². The largest absolute Gasteiger partial charge is 0.490 e. The Bertz CT molecular complexity index is 682. The second-order valence-electron chi connectivity index (χ2n) is 5.55. The smallest absolute Gasteiger partial charge is 0.227 e. The van der Waals surface area contributed by atoms with E-state index in [2.05, 4.69) is 5.10 Å². The van der Waals surface area contributed by atoms with Crippen molar-refractivity contribution < 1.29 is 14.3 Å². The van der Waals surface area contributed by atoms with Crippen LogP contribution in [0.2, 0.25) is 0 Å². The summed E-state index contributed by atoms with van der Waals surface area (Å²) in [4.78, 5) is 14.1. The van der Waals surface area contributed by atoms with Crippen LogP contribution < -0.4 is 9.47 Å². The normalized spacial score (nSPS) is 10.5. The van der Waals surface area contributed by atoms with Crippen molar-refractivity contribution in [2.45, 2.75) is 26.8 Å². The van der Waals surface area contributed by atoms with Gasteiger partial charge in [0.25, 0.3) is 0 Å². The fourth-order valence-corrected chi connectivity index (χ4v) is 2.39. The molecule has 0 saturated carbocycles. The van der Waals surface area contributed by atoms with Crippen LogP contribution in [0, 0.1) is 0 Å². The van der Waals surface area contributed by atoms with E-state index in [4.69, 9.17) is 9.47 Å². The number of likely N-dealkylation sites (N-methyl/N-ethyl adjacent to an activating group) is 1. The number of carbonyl (C=O) groups excluding carboxylic acids is 1. The number of hydrogen-bond donors (Lipinski definition) is 0. The van der Waals surface area contributed by atoms with E-state index in [9.17, 15) is 4.79 Å². The minimum atomic E-state index is 0.0345. The molecule has 0 saturated heterocycles. The molecule has 0 aliphatic carbocycles. The quantitative estimate of drug-likeness (QED) is 0.745.